The number of carbonyl (C=O) groups is 1. The first-order chi connectivity index (χ1) is 11.2. The minimum absolute atomic E-state index is 0.0899. The Hall–Kier alpha value is -1.81. The summed E-state index contributed by atoms with van der Waals surface area (Å²) in [5, 5.41) is 7.91. The van der Waals surface area contributed by atoms with Crippen molar-refractivity contribution >= 4 is 17.5 Å². The fourth-order valence-corrected chi connectivity index (χ4v) is 3.84. The number of rotatable bonds is 3. The molecule has 2 aliphatic rings. The maximum Gasteiger partial charge on any atom is 0.272 e. The molecule has 1 atom stereocenters. The number of nitrogens with one attached hydrogen (secondary N) is 1. The molecule has 1 saturated heterocycles. The summed E-state index contributed by atoms with van der Waals surface area (Å²) in [6.45, 7) is 0.870. The zero-order chi connectivity index (χ0) is 15.8. The molecule has 1 saturated carbocycles. The minimum atomic E-state index is 0.0899. The van der Waals surface area contributed by atoms with Gasteiger partial charge < -0.3 is 4.90 Å². The molecule has 2 heterocycles. The molecule has 4 rings (SSSR count). The van der Waals surface area contributed by atoms with Gasteiger partial charge in [-0.15, -0.1) is 0 Å². The third-order valence-electron chi connectivity index (χ3n) is 5.20. The third-order valence-corrected chi connectivity index (χ3v) is 5.45. The molecule has 2 fully saturated rings. The van der Waals surface area contributed by atoms with Gasteiger partial charge in [-0.1, -0.05) is 30.2 Å². The highest BCUT2D eigenvalue weighted by molar-refractivity contribution is 6.30. The fraction of sp³-hybridized carbons (Fsp3) is 0.444. The third kappa shape index (κ3) is 2.76. The molecule has 0 bridgehead atoms. The average Bonchev–Trinajstić information content (AvgIpc) is 3.15. The smallest absolute Gasteiger partial charge is 0.272 e. The van der Waals surface area contributed by atoms with E-state index in [0.29, 0.717) is 22.7 Å². The normalized spacial score (nSPS) is 21.4. The van der Waals surface area contributed by atoms with Crippen LogP contribution in [-0.4, -0.2) is 33.6 Å². The van der Waals surface area contributed by atoms with Gasteiger partial charge in [-0.3, -0.25) is 9.89 Å². The van der Waals surface area contributed by atoms with Crippen LogP contribution in [0.1, 0.15) is 42.6 Å². The standard InChI is InChI=1S/C18H20ClN3O/c19-14-8-6-12(7-9-14)15-11-16(21-20-15)18(23)22-10-2-5-17(22)13-3-1-4-13/h6-9,11,13,17H,1-5,10H2,(H,20,21)/t17-/m1/s1. The molecule has 120 valence electrons. The Balaban J connectivity index is 1.53. The van der Waals surface area contributed by atoms with Crippen molar-refractivity contribution in [1.29, 1.82) is 0 Å². The first-order valence-electron chi connectivity index (χ1n) is 8.35. The van der Waals surface area contributed by atoms with Crippen molar-refractivity contribution in [2.24, 2.45) is 5.92 Å². The van der Waals surface area contributed by atoms with Gasteiger partial charge in [0.25, 0.3) is 5.91 Å². The molecule has 1 N–H and O–H groups in total. The number of likely N-dealkylation sites (tertiary alicyclic amines) is 1. The lowest BCUT2D eigenvalue weighted by molar-refractivity contribution is 0.0620. The summed E-state index contributed by atoms with van der Waals surface area (Å²) in [6, 6.07) is 9.78. The van der Waals surface area contributed by atoms with Crippen LogP contribution in [0.4, 0.5) is 0 Å². The van der Waals surface area contributed by atoms with E-state index in [1.54, 1.807) is 0 Å². The van der Waals surface area contributed by atoms with Crippen molar-refractivity contribution in [2.45, 2.75) is 38.1 Å². The molecule has 1 aromatic heterocycles. The highest BCUT2D eigenvalue weighted by Gasteiger charge is 2.37. The molecule has 5 heteroatoms. The molecule has 0 spiro atoms. The molecule has 1 amide bonds. The average molecular weight is 330 g/mol. The van der Waals surface area contributed by atoms with Gasteiger partial charge in [0.05, 0.1) is 5.69 Å². The van der Waals surface area contributed by atoms with Crippen LogP contribution in [0.2, 0.25) is 5.02 Å². The number of nitrogens with zero attached hydrogens (tertiary/aromatic N) is 2. The van der Waals surface area contributed by atoms with Crippen molar-refractivity contribution in [3.05, 3.63) is 41.0 Å². The van der Waals surface area contributed by atoms with Gasteiger partial charge in [-0.25, -0.2) is 0 Å². The van der Waals surface area contributed by atoms with Crippen LogP contribution in [0.25, 0.3) is 11.3 Å². The molecule has 0 radical (unpaired) electrons. The summed E-state index contributed by atoms with van der Waals surface area (Å²) in [7, 11) is 0. The Kier molecular flexibility index (Phi) is 3.85. The van der Waals surface area contributed by atoms with E-state index in [9.17, 15) is 4.79 Å². The lowest BCUT2D eigenvalue weighted by Crippen LogP contribution is -2.42. The molecule has 4 nitrogen and oxygen atoms in total. The molecule has 1 aliphatic heterocycles. The molecule has 0 unspecified atom stereocenters. The van der Waals surface area contributed by atoms with E-state index in [4.69, 9.17) is 11.6 Å². The molecular formula is C18H20ClN3O. The van der Waals surface area contributed by atoms with E-state index in [0.717, 1.165) is 30.6 Å². The maximum atomic E-state index is 12.8. The van der Waals surface area contributed by atoms with Crippen molar-refractivity contribution in [1.82, 2.24) is 15.1 Å². The summed E-state index contributed by atoms with van der Waals surface area (Å²) in [5.74, 6) is 0.798. The van der Waals surface area contributed by atoms with E-state index >= 15 is 0 Å². The summed E-state index contributed by atoms with van der Waals surface area (Å²) in [6.07, 6.45) is 6.12. The van der Waals surface area contributed by atoms with E-state index in [1.165, 1.54) is 19.3 Å². The number of aromatic amines is 1. The number of H-pyrrole nitrogens is 1. The van der Waals surface area contributed by atoms with Crippen LogP contribution in [0.5, 0.6) is 0 Å². The largest absolute Gasteiger partial charge is 0.334 e. The van der Waals surface area contributed by atoms with Crippen molar-refractivity contribution in [2.75, 3.05) is 6.54 Å². The zero-order valence-electron chi connectivity index (χ0n) is 13.0. The molecular weight excluding hydrogens is 310 g/mol. The minimum Gasteiger partial charge on any atom is -0.334 e. The van der Waals surface area contributed by atoms with Gasteiger partial charge >= 0.3 is 0 Å². The second kappa shape index (κ2) is 6.00. The quantitative estimate of drug-likeness (QED) is 0.920. The van der Waals surface area contributed by atoms with Crippen molar-refractivity contribution in [3.63, 3.8) is 0 Å². The molecule has 1 aliphatic carbocycles. The number of carbonyl (C=O) groups excluding carboxylic acids is 1. The SMILES string of the molecule is O=C(c1cc(-c2ccc(Cl)cc2)n[nH]1)N1CCC[C@@H]1C1CCC1. The lowest BCUT2D eigenvalue weighted by atomic mass is 9.79. The Bertz CT molecular complexity index is 705. The van der Waals surface area contributed by atoms with Crippen LogP contribution in [0.15, 0.2) is 30.3 Å². The van der Waals surface area contributed by atoms with E-state index in [2.05, 4.69) is 15.1 Å². The Morgan fingerprint density at radius 3 is 2.65 bits per heavy atom. The summed E-state index contributed by atoms with van der Waals surface area (Å²) in [5.41, 5.74) is 2.33. The van der Waals surface area contributed by atoms with Gasteiger partial charge in [0, 0.05) is 23.2 Å². The summed E-state index contributed by atoms with van der Waals surface area (Å²) >= 11 is 5.92. The molecule has 2 aromatic rings. The molecule has 1 aromatic carbocycles. The van der Waals surface area contributed by atoms with Crippen molar-refractivity contribution < 1.29 is 4.79 Å². The Morgan fingerprint density at radius 1 is 1.17 bits per heavy atom. The number of benzene rings is 1. The number of aromatic nitrogens is 2. The van der Waals surface area contributed by atoms with E-state index in [-0.39, 0.29) is 5.91 Å². The monoisotopic (exact) mass is 329 g/mol. The zero-order valence-corrected chi connectivity index (χ0v) is 13.7. The highest BCUT2D eigenvalue weighted by Crippen LogP contribution is 2.37. The van der Waals surface area contributed by atoms with Gasteiger partial charge in [0.1, 0.15) is 5.69 Å². The predicted octanol–water partition coefficient (Wildman–Crippen LogP) is 4.13. The van der Waals surface area contributed by atoms with Gasteiger partial charge in [-0.05, 0) is 49.8 Å². The van der Waals surface area contributed by atoms with E-state index < -0.39 is 0 Å². The van der Waals surface area contributed by atoms with Crippen LogP contribution in [-0.2, 0) is 0 Å². The van der Waals surface area contributed by atoms with Gasteiger partial charge in [-0.2, -0.15) is 5.10 Å². The summed E-state index contributed by atoms with van der Waals surface area (Å²) < 4.78 is 0. The predicted molar refractivity (Wildman–Crippen MR) is 90.4 cm³/mol. The first kappa shape index (κ1) is 14.8. The molecule has 23 heavy (non-hydrogen) atoms. The second-order valence-electron chi connectivity index (χ2n) is 6.57. The topological polar surface area (TPSA) is 49.0 Å². The lowest BCUT2D eigenvalue weighted by Gasteiger charge is -2.36. The van der Waals surface area contributed by atoms with Gasteiger partial charge in [0.2, 0.25) is 0 Å². The maximum absolute atomic E-state index is 12.8. The van der Waals surface area contributed by atoms with Gasteiger partial charge in [0.15, 0.2) is 0 Å². The fourth-order valence-electron chi connectivity index (χ4n) is 3.71. The first-order valence-corrected chi connectivity index (χ1v) is 8.72. The Morgan fingerprint density at radius 2 is 1.96 bits per heavy atom. The summed E-state index contributed by atoms with van der Waals surface area (Å²) in [4.78, 5) is 14.9. The van der Waals surface area contributed by atoms with E-state index in [1.807, 2.05) is 30.3 Å². The second-order valence-corrected chi connectivity index (χ2v) is 7.01. The van der Waals surface area contributed by atoms with Crippen molar-refractivity contribution in [3.8, 4) is 11.3 Å². The van der Waals surface area contributed by atoms with Crippen LogP contribution < -0.4 is 0 Å². The van der Waals surface area contributed by atoms with Crippen LogP contribution >= 0.6 is 11.6 Å². The van der Waals surface area contributed by atoms with Crippen LogP contribution in [0.3, 0.4) is 0 Å². The Labute approximate surface area is 140 Å². The number of hydrogen-bond acceptors (Lipinski definition) is 2. The van der Waals surface area contributed by atoms with Crippen LogP contribution in [0, 0.1) is 5.92 Å². The highest BCUT2D eigenvalue weighted by atomic mass is 35.5. The number of hydrogen-bond donors (Lipinski definition) is 1. The number of halogens is 1. The number of amides is 1.